The molecule has 1 aromatic heterocycles. The van der Waals surface area contributed by atoms with E-state index in [0.717, 1.165) is 12.8 Å². The van der Waals surface area contributed by atoms with Crippen molar-refractivity contribution in [1.82, 2.24) is 14.7 Å². The molecular formula is C17H23F2N3O3. The summed E-state index contributed by atoms with van der Waals surface area (Å²) in [7, 11) is 0. The first kappa shape index (κ1) is 17.8. The Morgan fingerprint density at radius 2 is 2.00 bits per heavy atom. The maximum absolute atomic E-state index is 13.5. The molecule has 1 amide bonds. The van der Waals surface area contributed by atoms with Gasteiger partial charge in [-0.15, -0.1) is 0 Å². The summed E-state index contributed by atoms with van der Waals surface area (Å²) in [6.07, 6.45) is 0.333. The zero-order valence-electron chi connectivity index (χ0n) is 14.4. The highest BCUT2D eigenvalue weighted by Gasteiger charge is 2.47. The molecule has 2 aliphatic rings. The van der Waals surface area contributed by atoms with Crippen LogP contribution in [0, 0.1) is 23.7 Å². The third-order valence-corrected chi connectivity index (χ3v) is 5.05. The second kappa shape index (κ2) is 6.72. The van der Waals surface area contributed by atoms with Gasteiger partial charge in [-0.25, -0.2) is 8.78 Å². The lowest BCUT2D eigenvalue weighted by Crippen LogP contribution is -2.30. The number of carboxylic acid groups (broad SMARTS) is 1. The summed E-state index contributed by atoms with van der Waals surface area (Å²) in [5.74, 6) is -1.71. The summed E-state index contributed by atoms with van der Waals surface area (Å²) in [5.41, 5.74) is -0.489. The molecule has 1 saturated heterocycles. The van der Waals surface area contributed by atoms with Gasteiger partial charge < -0.3 is 10.0 Å². The fraction of sp³-hybridized carbons (Fsp3) is 0.706. The Labute approximate surface area is 144 Å². The van der Waals surface area contributed by atoms with Crippen molar-refractivity contribution in [2.75, 3.05) is 13.1 Å². The highest BCUT2D eigenvalue weighted by atomic mass is 19.3. The number of nitrogens with zero attached hydrogens (tertiary/aromatic N) is 3. The monoisotopic (exact) mass is 355 g/mol. The highest BCUT2D eigenvalue weighted by Crippen LogP contribution is 2.44. The van der Waals surface area contributed by atoms with E-state index in [1.807, 2.05) is 13.8 Å². The van der Waals surface area contributed by atoms with E-state index in [0.29, 0.717) is 19.0 Å². The lowest BCUT2D eigenvalue weighted by molar-refractivity contribution is -0.142. The highest BCUT2D eigenvalue weighted by molar-refractivity contribution is 5.96. The first-order valence-electron chi connectivity index (χ1n) is 8.65. The van der Waals surface area contributed by atoms with Crippen LogP contribution in [0.4, 0.5) is 8.78 Å². The molecule has 8 heteroatoms. The van der Waals surface area contributed by atoms with Crippen molar-refractivity contribution < 1.29 is 23.5 Å². The third-order valence-electron chi connectivity index (χ3n) is 5.05. The van der Waals surface area contributed by atoms with Crippen LogP contribution < -0.4 is 0 Å². The van der Waals surface area contributed by atoms with Crippen molar-refractivity contribution in [3.8, 4) is 0 Å². The second-order valence-electron chi connectivity index (χ2n) is 7.48. The molecular weight excluding hydrogens is 332 g/mol. The van der Waals surface area contributed by atoms with Gasteiger partial charge in [-0.05, 0) is 30.6 Å². The average molecular weight is 355 g/mol. The van der Waals surface area contributed by atoms with Crippen molar-refractivity contribution in [3.05, 3.63) is 17.5 Å². The number of carbonyl (C=O) groups is 2. The fourth-order valence-electron chi connectivity index (χ4n) is 3.71. The molecule has 0 bridgehead atoms. The van der Waals surface area contributed by atoms with E-state index < -0.39 is 24.2 Å². The van der Waals surface area contributed by atoms with Crippen LogP contribution in [0.5, 0.6) is 0 Å². The van der Waals surface area contributed by atoms with Crippen molar-refractivity contribution in [3.63, 3.8) is 0 Å². The van der Waals surface area contributed by atoms with Crippen LogP contribution in [0.15, 0.2) is 6.20 Å². The minimum absolute atomic E-state index is 0.0768. The van der Waals surface area contributed by atoms with Crippen LogP contribution in [0.2, 0.25) is 0 Å². The van der Waals surface area contributed by atoms with Crippen molar-refractivity contribution >= 4 is 11.9 Å². The van der Waals surface area contributed by atoms with E-state index >= 15 is 0 Å². The van der Waals surface area contributed by atoms with Gasteiger partial charge in [0, 0.05) is 19.6 Å². The van der Waals surface area contributed by atoms with Crippen LogP contribution in [0.25, 0.3) is 0 Å². The van der Waals surface area contributed by atoms with Crippen LogP contribution >= 0.6 is 0 Å². The van der Waals surface area contributed by atoms with E-state index in [1.165, 1.54) is 15.8 Å². The minimum atomic E-state index is -2.81. The Bertz CT molecular complexity index is 670. The number of aliphatic carboxylic acids is 1. The van der Waals surface area contributed by atoms with Gasteiger partial charge in [0.2, 0.25) is 0 Å². The quantitative estimate of drug-likeness (QED) is 0.851. The molecule has 3 rings (SSSR count). The van der Waals surface area contributed by atoms with E-state index in [2.05, 4.69) is 5.10 Å². The Morgan fingerprint density at radius 1 is 1.32 bits per heavy atom. The summed E-state index contributed by atoms with van der Waals surface area (Å²) in [6, 6.07) is 0. The second-order valence-corrected chi connectivity index (χ2v) is 7.48. The van der Waals surface area contributed by atoms with Gasteiger partial charge in [-0.2, -0.15) is 5.10 Å². The van der Waals surface area contributed by atoms with Crippen LogP contribution in [-0.2, 0) is 11.3 Å². The third kappa shape index (κ3) is 3.52. The van der Waals surface area contributed by atoms with Crippen molar-refractivity contribution in [2.45, 2.75) is 39.7 Å². The van der Waals surface area contributed by atoms with Crippen molar-refractivity contribution in [1.29, 1.82) is 0 Å². The first-order valence-corrected chi connectivity index (χ1v) is 8.65. The van der Waals surface area contributed by atoms with Crippen LogP contribution in [0.1, 0.15) is 49.2 Å². The van der Waals surface area contributed by atoms with E-state index in [1.54, 1.807) is 0 Å². The van der Waals surface area contributed by atoms with Gasteiger partial charge in [0.05, 0.1) is 17.7 Å². The van der Waals surface area contributed by atoms with Crippen molar-refractivity contribution in [2.24, 2.45) is 23.7 Å². The topological polar surface area (TPSA) is 75.4 Å². The van der Waals surface area contributed by atoms with Gasteiger partial charge in [-0.1, -0.05) is 13.8 Å². The predicted octanol–water partition coefficient (Wildman–Crippen LogP) is 2.66. The molecule has 0 aromatic carbocycles. The Kier molecular flexibility index (Phi) is 4.79. The van der Waals surface area contributed by atoms with E-state index in [9.17, 15) is 23.5 Å². The molecule has 1 N–H and O–H groups in total. The Balaban J connectivity index is 1.83. The number of halogens is 2. The van der Waals surface area contributed by atoms with Crippen LogP contribution in [-0.4, -0.2) is 44.8 Å². The number of likely N-dealkylation sites (tertiary alicyclic amines) is 1. The average Bonchev–Trinajstić information content (AvgIpc) is 3.12. The molecule has 138 valence electrons. The molecule has 1 aromatic rings. The largest absolute Gasteiger partial charge is 0.481 e. The number of amides is 1. The molecule has 2 atom stereocenters. The van der Waals surface area contributed by atoms with Gasteiger partial charge in [0.1, 0.15) is 5.69 Å². The molecule has 1 aliphatic carbocycles. The predicted molar refractivity (Wildman–Crippen MR) is 85.3 cm³/mol. The minimum Gasteiger partial charge on any atom is -0.481 e. The smallest absolute Gasteiger partial charge is 0.308 e. The Morgan fingerprint density at radius 3 is 2.52 bits per heavy atom. The van der Waals surface area contributed by atoms with Gasteiger partial charge >= 0.3 is 5.97 Å². The number of carboxylic acids is 1. The fourth-order valence-corrected chi connectivity index (χ4v) is 3.71. The Hall–Kier alpha value is -1.99. The summed E-state index contributed by atoms with van der Waals surface area (Å²) < 4.78 is 28.2. The number of carbonyl (C=O) groups excluding carboxylic acids is 1. The lowest BCUT2D eigenvalue weighted by Gasteiger charge is -2.17. The lowest BCUT2D eigenvalue weighted by atomic mass is 9.92. The van der Waals surface area contributed by atoms with E-state index in [4.69, 9.17) is 0 Å². The molecule has 0 spiro atoms. The van der Waals surface area contributed by atoms with Gasteiger partial charge in [-0.3, -0.25) is 14.3 Å². The maximum atomic E-state index is 13.5. The SMILES string of the molecule is CC(C)Cn1ncc(C(=O)N2C[C@H](C(=O)O)[C@@H](C3CC3)C2)c1C(F)F. The summed E-state index contributed by atoms with van der Waals surface area (Å²) in [5, 5.41) is 13.4. The summed E-state index contributed by atoms with van der Waals surface area (Å²) in [4.78, 5) is 25.7. The number of rotatable bonds is 6. The number of alkyl halides is 2. The normalized spacial score (nSPS) is 23.7. The molecule has 1 saturated carbocycles. The van der Waals surface area contributed by atoms with E-state index in [-0.39, 0.29) is 29.6 Å². The van der Waals surface area contributed by atoms with Crippen LogP contribution in [0.3, 0.4) is 0 Å². The molecule has 2 heterocycles. The molecule has 6 nitrogen and oxygen atoms in total. The standard InChI is InChI=1S/C17H23F2N3O3/c1-9(2)6-22-14(15(18)19)11(5-20-22)16(23)21-7-12(10-3-4-10)13(8-21)17(24)25/h5,9-10,12-13,15H,3-4,6-8H2,1-2H3,(H,24,25)/t12-,13+/m1/s1. The first-order chi connectivity index (χ1) is 11.8. The number of aromatic nitrogens is 2. The van der Waals surface area contributed by atoms with Gasteiger partial charge in [0.25, 0.3) is 12.3 Å². The summed E-state index contributed by atoms with van der Waals surface area (Å²) in [6.45, 7) is 4.47. The molecule has 2 fully saturated rings. The molecule has 0 radical (unpaired) electrons. The maximum Gasteiger partial charge on any atom is 0.308 e. The molecule has 0 unspecified atom stereocenters. The zero-order chi connectivity index (χ0) is 18.3. The molecule has 25 heavy (non-hydrogen) atoms. The zero-order valence-corrected chi connectivity index (χ0v) is 14.4. The number of hydrogen-bond donors (Lipinski definition) is 1. The molecule has 1 aliphatic heterocycles. The van der Waals surface area contributed by atoms with Gasteiger partial charge in [0.15, 0.2) is 0 Å². The summed E-state index contributed by atoms with van der Waals surface area (Å²) >= 11 is 0. The number of hydrogen-bond acceptors (Lipinski definition) is 3.